The van der Waals surface area contributed by atoms with E-state index in [9.17, 15) is 15.0 Å². The van der Waals surface area contributed by atoms with E-state index in [1.165, 1.54) is 12.8 Å². The molecule has 250 valence electrons. The number of rotatable bonds is 6. The molecule has 1 saturated heterocycles. The second-order valence-corrected chi connectivity index (χ2v) is 18.5. The van der Waals surface area contributed by atoms with Gasteiger partial charge in [-0.25, -0.2) is 0 Å². The number of ether oxygens (including phenoxy) is 3. The third-order valence-electron chi connectivity index (χ3n) is 16.1. The Hall–Kier alpha value is -0.690. The number of carbonyl (C=O) groups excluding carboxylic acids is 1. The van der Waals surface area contributed by atoms with E-state index in [1.54, 1.807) is 0 Å². The van der Waals surface area contributed by atoms with Gasteiger partial charge in [0.05, 0.1) is 29.8 Å². The number of hydrogen-bond donors (Lipinski definition) is 2. The van der Waals surface area contributed by atoms with Crippen LogP contribution in [0, 0.1) is 56.7 Å². The maximum Gasteiger partial charge on any atom is 0.309 e. The normalized spacial score (nSPS) is 51.8. The number of aliphatic hydroxyl groups is 2. The molecule has 0 radical (unpaired) electrons. The van der Waals surface area contributed by atoms with E-state index < -0.39 is 17.8 Å². The van der Waals surface area contributed by atoms with Crippen LogP contribution in [0.4, 0.5) is 0 Å². The van der Waals surface area contributed by atoms with Gasteiger partial charge in [0, 0.05) is 17.4 Å². The van der Waals surface area contributed by atoms with Gasteiger partial charge in [-0.05, 0) is 125 Å². The van der Waals surface area contributed by atoms with E-state index in [0.29, 0.717) is 35.7 Å². The van der Waals surface area contributed by atoms with Crippen molar-refractivity contribution in [2.75, 3.05) is 6.61 Å². The first-order valence-corrected chi connectivity index (χ1v) is 18.5. The zero-order valence-corrected chi connectivity index (χ0v) is 29.0. The first kappa shape index (κ1) is 31.9. The van der Waals surface area contributed by atoms with Crippen LogP contribution in [-0.4, -0.2) is 58.9 Å². The summed E-state index contributed by atoms with van der Waals surface area (Å²) in [4.78, 5) is 13.1. The molecule has 6 saturated carbocycles. The minimum Gasteiger partial charge on any atom is -0.462 e. The third kappa shape index (κ3) is 4.01. The van der Waals surface area contributed by atoms with Crippen molar-refractivity contribution in [2.45, 2.75) is 169 Å². The summed E-state index contributed by atoms with van der Waals surface area (Å²) in [6.07, 6.45) is 11.9. The number of esters is 1. The van der Waals surface area contributed by atoms with Gasteiger partial charge < -0.3 is 24.4 Å². The van der Waals surface area contributed by atoms with E-state index in [0.717, 1.165) is 64.2 Å². The van der Waals surface area contributed by atoms with Gasteiger partial charge in [-0.1, -0.05) is 47.5 Å². The Morgan fingerprint density at radius 3 is 2.30 bits per heavy atom. The van der Waals surface area contributed by atoms with E-state index >= 15 is 0 Å². The van der Waals surface area contributed by atoms with Gasteiger partial charge in [0.15, 0.2) is 0 Å². The molecule has 6 aliphatic carbocycles. The average molecular weight is 615 g/mol. The summed E-state index contributed by atoms with van der Waals surface area (Å²) in [7, 11) is 0. The van der Waals surface area contributed by atoms with Crippen LogP contribution >= 0.6 is 0 Å². The predicted molar refractivity (Wildman–Crippen MR) is 170 cm³/mol. The second kappa shape index (κ2) is 10.2. The van der Waals surface area contributed by atoms with Crippen molar-refractivity contribution in [3.63, 3.8) is 0 Å². The monoisotopic (exact) mass is 614 g/mol. The van der Waals surface area contributed by atoms with Crippen LogP contribution < -0.4 is 0 Å². The average Bonchev–Trinajstić information content (AvgIpc) is 3.21. The molecule has 7 aliphatic rings. The second-order valence-electron chi connectivity index (χ2n) is 18.5. The molecule has 0 aromatic heterocycles. The molecule has 7 fully saturated rings. The number of aliphatic hydroxyl groups excluding tert-OH is 1. The van der Waals surface area contributed by atoms with Crippen LogP contribution in [0.5, 0.6) is 0 Å². The minimum atomic E-state index is -1.02. The molecule has 1 unspecified atom stereocenters. The molecule has 0 aromatic carbocycles. The molecule has 2 spiro atoms. The molecule has 44 heavy (non-hydrogen) atoms. The van der Waals surface area contributed by atoms with Crippen molar-refractivity contribution in [1.29, 1.82) is 0 Å². The van der Waals surface area contributed by atoms with Gasteiger partial charge in [0.25, 0.3) is 0 Å². The zero-order chi connectivity index (χ0) is 31.7. The Bertz CT molecular complexity index is 1140. The number of fused-ring (bicyclic) bond motifs is 4. The summed E-state index contributed by atoms with van der Waals surface area (Å²) in [5.74, 6) is 1.91. The molecule has 2 N–H and O–H groups in total. The number of hydrogen-bond acceptors (Lipinski definition) is 6. The quantitative estimate of drug-likeness (QED) is 0.311. The molecule has 1 aliphatic heterocycles. The molecule has 6 nitrogen and oxygen atoms in total. The van der Waals surface area contributed by atoms with Crippen molar-refractivity contribution in [3.8, 4) is 0 Å². The summed E-state index contributed by atoms with van der Waals surface area (Å²) in [6, 6.07) is 0. The van der Waals surface area contributed by atoms with Crippen LogP contribution in [0.1, 0.15) is 132 Å². The topological polar surface area (TPSA) is 85.2 Å². The highest BCUT2D eigenvalue weighted by molar-refractivity contribution is 5.73. The standard InChI is InChI=1S/C38H62O6/c1-9-42-31(34(5,6)41)24-20-22(2)28-29(43-24)30(39)36(8)26-15-14-25-33(3,4)27(44-32(40)23-12-10-11-13-23)16-17-37(25)21-38(26,37)19-18-35(28,36)7/h22-31,39,41H,9-21H2,1-8H3/t22-,24-,25+,26+,27+,28+,29+,30+,31+,35-,36-,37?,38+/m1/s1. The summed E-state index contributed by atoms with van der Waals surface area (Å²) in [5, 5.41) is 23.6. The largest absolute Gasteiger partial charge is 0.462 e. The number of carbonyl (C=O) groups is 1. The molecule has 6 heteroatoms. The van der Waals surface area contributed by atoms with Crippen molar-refractivity contribution >= 4 is 5.97 Å². The van der Waals surface area contributed by atoms with Gasteiger partial charge in [0.1, 0.15) is 12.2 Å². The molecule has 13 atom stereocenters. The van der Waals surface area contributed by atoms with E-state index in [4.69, 9.17) is 14.2 Å². The van der Waals surface area contributed by atoms with Crippen molar-refractivity contribution in [2.24, 2.45) is 56.7 Å². The molecule has 0 bridgehead atoms. The van der Waals surface area contributed by atoms with Crippen LogP contribution in [0.15, 0.2) is 0 Å². The lowest BCUT2D eigenvalue weighted by Crippen LogP contribution is -2.60. The lowest BCUT2D eigenvalue weighted by molar-refractivity contribution is -0.215. The fourth-order valence-electron chi connectivity index (χ4n) is 14.1. The Morgan fingerprint density at radius 1 is 0.977 bits per heavy atom. The Morgan fingerprint density at radius 2 is 1.64 bits per heavy atom. The SMILES string of the molecule is CCO[C@@H]([C@H]1C[C@@H](C)[C@H]2[C@H](O1)[C@H](O)[C@@]1(C)[C@@H]3CC[C@H]4C(C)(C)[C@@H](OC(=O)C5CCCC5)CCC45C[C@@]35CC[C@]21C)C(C)(C)O. The Labute approximate surface area is 266 Å². The highest BCUT2D eigenvalue weighted by Gasteiger charge is 2.84. The Kier molecular flexibility index (Phi) is 7.36. The van der Waals surface area contributed by atoms with Crippen LogP contribution in [0.25, 0.3) is 0 Å². The first-order chi connectivity index (χ1) is 20.6. The molecule has 0 amide bonds. The van der Waals surface area contributed by atoms with Crippen LogP contribution in [0.2, 0.25) is 0 Å². The summed E-state index contributed by atoms with van der Waals surface area (Å²) < 4.78 is 19.4. The molecule has 0 aromatic rings. The van der Waals surface area contributed by atoms with Gasteiger partial charge in [-0.2, -0.15) is 0 Å². The van der Waals surface area contributed by atoms with Crippen LogP contribution in [-0.2, 0) is 19.0 Å². The van der Waals surface area contributed by atoms with Gasteiger partial charge in [0.2, 0.25) is 0 Å². The predicted octanol–water partition coefficient (Wildman–Crippen LogP) is 7.08. The summed E-state index contributed by atoms with van der Waals surface area (Å²) >= 11 is 0. The lowest BCUT2D eigenvalue weighted by atomic mass is 9.41. The molecular formula is C38H62O6. The lowest BCUT2D eigenvalue weighted by Gasteiger charge is -2.63. The van der Waals surface area contributed by atoms with E-state index in [1.807, 2.05) is 20.8 Å². The summed E-state index contributed by atoms with van der Waals surface area (Å²) in [6.45, 7) is 18.2. The first-order valence-electron chi connectivity index (χ1n) is 18.5. The molecule has 1 heterocycles. The molecular weight excluding hydrogens is 552 g/mol. The third-order valence-corrected chi connectivity index (χ3v) is 16.1. The van der Waals surface area contributed by atoms with Crippen LogP contribution in [0.3, 0.4) is 0 Å². The van der Waals surface area contributed by atoms with Crippen molar-refractivity contribution in [1.82, 2.24) is 0 Å². The highest BCUT2D eigenvalue weighted by atomic mass is 16.6. The Balaban J connectivity index is 1.15. The van der Waals surface area contributed by atoms with Crippen molar-refractivity contribution < 1.29 is 29.2 Å². The zero-order valence-electron chi connectivity index (χ0n) is 29.0. The van der Waals surface area contributed by atoms with Gasteiger partial charge >= 0.3 is 5.97 Å². The van der Waals surface area contributed by atoms with E-state index in [-0.39, 0.29) is 51.9 Å². The molecule has 7 rings (SSSR count). The van der Waals surface area contributed by atoms with E-state index in [2.05, 4.69) is 34.6 Å². The highest BCUT2D eigenvalue weighted by Crippen LogP contribution is 2.89. The maximum atomic E-state index is 13.1. The van der Waals surface area contributed by atoms with Gasteiger partial charge in [-0.3, -0.25) is 4.79 Å². The minimum absolute atomic E-state index is 0.00732. The van der Waals surface area contributed by atoms with Crippen molar-refractivity contribution in [3.05, 3.63) is 0 Å². The fraction of sp³-hybridized carbons (Fsp3) is 0.974. The fourth-order valence-corrected chi connectivity index (χ4v) is 14.1. The van der Waals surface area contributed by atoms with Gasteiger partial charge in [-0.15, -0.1) is 0 Å². The maximum absolute atomic E-state index is 13.1. The smallest absolute Gasteiger partial charge is 0.309 e. The summed E-state index contributed by atoms with van der Waals surface area (Å²) in [5.41, 5.74) is -0.667.